The van der Waals surface area contributed by atoms with Crippen LogP contribution in [0, 0.1) is 0 Å². The van der Waals surface area contributed by atoms with Gasteiger partial charge in [0.2, 0.25) is 0 Å². The predicted molar refractivity (Wildman–Crippen MR) is 83.1 cm³/mol. The van der Waals surface area contributed by atoms with Crippen molar-refractivity contribution in [2.45, 2.75) is 6.54 Å². The van der Waals surface area contributed by atoms with Crippen molar-refractivity contribution in [2.24, 2.45) is 0 Å². The fourth-order valence-electron chi connectivity index (χ4n) is 1.21. The van der Waals surface area contributed by atoms with Gasteiger partial charge in [0.25, 0.3) is 0 Å². The Morgan fingerprint density at radius 3 is 2.47 bits per heavy atom. The molecule has 0 saturated carbocycles. The van der Waals surface area contributed by atoms with Crippen LogP contribution >= 0.6 is 22.4 Å². The maximum absolute atomic E-state index is 5.30. The van der Waals surface area contributed by atoms with Crippen molar-refractivity contribution in [3.63, 3.8) is 0 Å². The molecule has 0 aromatic heterocycles. The molecule has 94 valence electrons. The van der Waals surface area contributed by atoms with Gasteiger partial charge in [-0.25, -0.2) is 0 Å². The number of hydrogen-bond acceptors (Lipinski definition) is 3. The van der Waals surface area contributed by atoms with Crippen LogP contribution in [0.4, 0.5) is 0 Å². The minimum atomic E-state index is 0.355. The quantitative estimate of drug-likeness (QED) is 0.609. The predicted octanol–water partition coefficient (Wildman–Crippen LogP) is 1.57. The molecule has 0 heterocycles. The van der Waals surface area contributed by atoms with Gasteiger partial charge in [0.15, 0.2) is 0 Å². The molecule has 2 nitrogen and oxygen atoms in total. The number of thiocarbonyl (C=S) groups is 1. The summed E-state index contributed by atoms with van der Waals surface area (Å²) in [7, 11) is 9.97. The number of benzene rings is 1. The standard InChI is InChI=1S/C12H18N2S2Se/c1-13(2)9-10-7-5-6-8-11(10)17-16-12(15)14(3)4/h5-8H,9H2,1-4H3. The average Bonchev–Trinajstić information content (AvgIpc) is 2.26. The number of rotatable bonds is 4. The first kappa shape index (κ1) is 15.0. The molecule has 0 spiro atoms. The summed E-state index contributed by atoms with van der Waals surface area (Å²) in [6, 6.07) is 8.63. The fraction of sp³-hybridized carbons (Fsp3) is 0.417. The molecule has 0 atom stereocenters. The molecular formula is C12H18N2S2Se. The van der Waals surface area contributed by atoms with Crippen LogP contribution in [0.5, 0.6) is 0 Å². The molecule has 0 N–H and O–H groups in total. The number of nitrogens with zero attached hydrogens (tertiary/aromatic N) is 2. The van der Waals surface area contributed by atoms with Crippen LogP contribution in [0.25, 0.3) is 0 Å². The van der Waals surface area contributed by atoms with E-state index >= 15 is 0 Å². The van der Waals surface area contributed by atoms with Crippen molar-refractivity contribution in [1.29, 1.82) is 0 Å². The van der Waals surface area contributed by atoms with Crippen LogP contribution < -0.4 is 4.46 Å². The molecule has 1 rings (SSSR count). The number of hydrogen-bond donors (Lipinski definition) is 0. The Kier molecular flexibility index (Phi) is 6.52. The van der Waals surface area contributed by atoms with Crippen LogP contribution in [0.1, 0.15) is 5.56 Å². The molecule has 0 saturated heterocycles. The fourth-order valence-corrected chi connectivity index (χ4v) is 5.63. The van der Waals surface area contributed by atoms with Crippen LogP contribution in [0.3, 0.4) is 0 Å². The van der Waals surface area contributed by atoms with Crippen molar-refractivity contribution in [2.75, 3.05) is 28.2 Å². The van der Waals surface area contributed by atoms with E-state index in [1.54, 1.807) is 10.2 Å². The third kappa shape index (κ3) is 5.40. The molecule has 5 heteroatoms. The van der Waals surface area contributed by atoms with Crippen molar-refractivity contribution < 1.29 is 0 Å². The minimum absolute atomic E-state index is 0.355. The summed E-state index contributed by atoms with van der Waals surface area (Å²) in [4.78, 5) is 4.19. The van der Waals surface area contributed by atoms with Crippen LogP contribution in [0.15, 0.2) is 24.3 Å². The third-order valence-corrected chi connectivity index (χ3v) is 7.61. The van der Waals surface area contributed by atoms with Gasteiger partial charge in [-0.05, 0) is 0 Å². The van der Waals surface area contributed by atoms with Crippen molar-refractivity contribution in [3.8, 4) is 0 Å². The first-order valence-corrected chi connectivity index (χ1v) is 9.39. The molecule has 1 aromatic rings. The molecule has 0 bridgehead atoms. The Balaban J connectivity index is 2.67. The summed E-state index contributed by atoms with van der Waals surface area (Å²) in [5.74, 6) is 0. The van der Waals surface area contributed by atoms with E-state index in [2.05, 4.69) is 43.3 Å². The summed E-state index contributed by atoms with van der Waals surface area (Å²) in [6.07, 6.45) is 0. The van der Waals surface area contributed by atoms with Gasteiger partial charge in [-0.3, -0.25) is 0 Å². The Morgan fingerprint density at radius 1 is 1.24 bits per heavy atom. The summed E-state index contributed by atoms with van der Waals surface area (Å²) in [5, 5.41) is 0. The first-order chi connectivity index (χ1) is 8.00. The van der Waals surface area contributed by atoms with Gasteiger partial charge in [-0.15, -0.1) is 0 Å². The molecule has 0 aliphatic carbocycles. The second-order valence-corrected chi connectivity index (χ2v) is 8.56. The van der Waals surface area contributed by atoms with Gasteiger partial charge in [0.1, 0.15) is 0 Å². The topological polar surface area (TPSA) is 6.48 Å². The Bertz CT molecular complexity index is 381. The Labute approximate surface area is 119 Å². The zero-order chi connectivity index (χ0) is 12.8. The summed E-state index contributed by atoms with van der Waals surface area (Å²) in [5.41, 5.74) is 1.41. The van der Waals surface area contributed by atoms with Gasteiger partial charge < -0.3 is 0 Å². The molecule has 0 aliphatic heterocycles. The maximum atomic E-state index is 5.30. The first-order valence-electron chi connectivity index (χ1n) is 5.29. The third-order valence-electron chi connectivity index (χ3n) is 2.03. The zero-order valence-corrected chi connectivity index (χ0v) is 14.0. The van der Waals surface area contributed by atoms with E-state index in [0.29, 0.717) is 13.8 Å². The van der Waals surface area contributed by atoms with E-state index in [1.807, 2.05) is 19.0 Å². The van der Waals surface area contributed by atoms with E-state index in [9.17, 15) is 0 Å². The Hall–Kier alpha value is -0.0605. The Morgan fingerprint density at radius 2 is 1.88 bits per heavy atom. The molecule has 0 unspecified atom stereocenters. The zero-order valence-electron chi connectivity index (χ0n) is 10.6. The van der Waals surface area contributed by atoms with Crippen LogP contribution in [0.2, 0.25) is 0 Å². The van der Waals surface area contributed by atoms with E-state index < -0.39 is 0 Å². The molecule has 0 amide bonds. The second-order valence-electron chi connectivity index (χ2n) is 4.17. The normalized spacial score (nSPS) is 10.6. The molecular weight excluding hydrogens is 315 g/mol. The summed E-state index contributed by atoms with van der Waals surface area (Å²) in [6.45, 7) is 0.993. The summed E-state index contributed by atoms with van der Waals surface area (Å²) < 4.78 is 2.40. The van der Waals surface area contributed by atoms with Gasteiger partial charge in [0, 0.05) is 0 Å². The molecule has 0 aliphatic rings. The molecule has 0 fully saturated rings. The van der Waals surface area contributed by atoms with E-state index in [1.165, 1.54) is 10.0 Å². The molecule has 0 radical (unpaired) electrons. The SMILES string of the molecule is CN(C)Cc1ccccc1[Se]SC(=S)N(C)C. The van der Waals surface area contributed by atoms with E-state index in [4.69, 9.17) is 12.2 Å². The van der Waals surface area contributed by atoms with E-state index in [-0.39, 0.29) is 0 Å². The monoisotopic (exact) mass is 334 g/mol. The molecule has 17 heavy (non-hydrogen) atoms. The van der Waals surface area contributed by atoms with Crippen LogP contribution in [-0.4, -0.2) is 56.1 Å². The van der Waals surface area contributed by atoms with Crippen LogP contribution in [-0.2, 0) is 6.54 Å². The van der Waals surface area contributed by atoms with E-state index in [0.717, 1.165) is 10.9 Å². The van der Waals surface area contributed by atoms with Gasteiger partial charge in [-0.2, -0.15) is 0 Å². The second kappa shape index (κ2) is 7.39. The van der Waals surface area contributed by atoms with Crippen molar-refractivity contribution in [3.05, 3.63) is 29.8 Å². The van der Waals surface area contributed by atoms with Gasteiger partial charge in [0.05, 0.1) is 0 Å². The van der Waals surface area contributed by atoms with Crippen molar-refractivity contribution >= 4 is 45.0 Å². The van der Waals surface area contributed by atoms with Gasteiger partial charge in [-0.1, -0.05) is 0 Å². The van der Waals surface area contributed by atoms with Gasteiger partial charge >= 0.3 is 119 Å². The molecule has 1 aromatic carbocycles. The average molecular weight is 333 g/mol. The van der Waals surface area contributed by atoms with Crippen molar-refractivity contribution in [1.82, 2.24) is 9.80 Å². The summed E-state index contributed by atoms with van der Waals surface area (Å²) >= 11 is 5.66.